The number of aromatic hydroxyl groups is 1. The van der Waals surface area contributed by atoms with E-state index in [2.05, 4.69) is 15.6 Å². The standard InChI is InChI=1S/C14H15N3OS/c1-10(11-6-3-2-4-7-11)16-14(19)17-13-12(18)8-5-9-15-13/h2-10,18H,1H3,(H2,15,16,17,19). The molecule has 0 saturated heterocycles. The van der Waals surface area contributed by atoms with Gasteiger partial charge in [0.05, 0.1) is 6.04 Å². The summed E-state index contributed by atoms with van der Waals surface area (Å²) >= 11 is 5.20. The van der Waals surface area contributed by atoms with Crippen molar-refractivity contribution in [2.45, 2.75) is 13.0 Å². The highest BCUT2D eigenvalue weighted by Gasteiger charge is 2.08. The van der Waals surface area contributed by atoms with Crippen molar-refractivity contribution in [2.24, 2.45) is 0 Å². The van der Waals surface area contributed by atoms with Crippen molar-refractivity contribution in [3.8, 4) is 5.75 Å². The normalized spacial score (nSPS) is 11.6. The maximum atomic E-state index is 9.60. The maximum absolute atomic E-state index is 9.60. The molecule has 98 valence electrons. The van der Waals surface area contributed by atoms with Gasteiger partial charge in [-0.25, -0.2) is 4.98 Å². The second kappa shape index (κ2) is 6.15. The Hall–Kier alpha value is -2.14. The van der Waals surface area contributed by atoms with Crippen molar-refractivity contribution in [1.29, 1.82) is 0 Å². The van der Waals surface area contributed by atoms with Crippen molar-refractivity contribution < 1.29 is 5.11 Å². The molecule has 4 nitrogen and oxygen atoms in total. The van der Waals surface area contributed by atoms with Crippen molar-refractivity contribution >= 4 is 23.1 Å². The van der Waals surface area contributed by atoms with E-state index >= 15 is 0 Å². The summed E-state index contributed by atoms with van der Waals surface area (Å²) in [5.74, 6) is 0.416. The van der Waals surface area contributed by atoms with Gasteiger partial charge >= 0.3 is 0 Å². The summed E-state index contributed by atoms with van der Waals surface area (Å²) in [5, 5.41) is 16.0. The van der Waals surface area contributed by atoms with Crippen LogP contribution in [0.1, 0.15) is 18.5 Å². The van der Waals surface area contributed by atoms with E-state index in [1.54, 1.807) is 18.3 Å². The predicted molar refractivity (Wildman–Crippen MR) is 80.1 cm³/mol. The topological polar surface area (TPSA) is 57.2 Å². The van der Waals surface area contributed by atoms with Gasteiger partial charge in [-0.15, -0.1) is 0 Å². The Bertz CT molecular complexity index is 560. The zero-order valence-electron chi connectivity index (χ0n) is 10.5. The third-order valence-electron chi connectivity index (χ3n) is 2.67. The van der Waals surface area contributed by atoms with Gasteiger partial charge in [-0.1, -0.05) is 30.3 Å². The number of thiocarbonyl (C=S) groups is 1. The molecular formula is C14H15N3OS. The highest BCUT2D eigenvalue weighted by Crippen LogP contribution is 2.18. The fourth-order valence-corrected chi connectivity index (χ4v) is 1.93. The molecule has 1 unspecified atom stereocenters. The Morgan fingerprint density at radius 2 is 1.95 bits per heavy atom. The van der Waals surface area contributed by atoms with Gasteiger partial charge in [-0.05, 0) is 36.8 Å². The molecule has 19 heavy (non-hydrogen) atoms. The molecule has 0 fully saturated rings. The minimum Gasteiger partial charge on any atom is -0.504 e. The molecule has 0 aliphatic heterocycles. The molecule has 0 aliphatic rings. The Morgan fingerprint density at radius 1 is 1.21 bits per heavy atom. The van der Waals surface area contributed by atoms with E-state index in [0.717, 1.165) is 5.56 Å². The lowest BCUT2D eigenvalue weighted by atomic mass is 10.1. The highest BCUT2D eigenvalue weighted by atomic mass is 32.1. The van der Waals surface area contributed by atoms with Gasteiger partial charge in [0.25, 0.3) is 0 Å². The summed E-state index contributed by atoms with van der Waals surface area (Å²) in [6.07, 6.45) is 1.59. The summed E-state index contributed by atoms with van der Waals surface area (Å²) in [4.78, 5) is 4.01. The van der Waals surface area contributed by atoms with Crippen molar-refractivity contribution in [3.63, 3.8) is 0 Å². The number of aromatic nitrogens is 1. The molecule has 2 aromatic rings. The largest absolute Gasteiger partial charge is 0.504 e. The average Bonchev–Trinajstić information content (AvgIpc) is 2.42. The van der Waals surface area contributed by atoms with Gasteiger partial charge in [0.1, 0.15) is 0 Å². The molecule has 1 aromatic heterocycles. The average molecular weight is 273 g/mol. The van der Waals surface area contributed by atoms with Crippen molar-refractivity contribution in [3.05, 3.63) is 54.2 Å². The zero-order chi connectivity index (χ0) is 13.7. The van der Waals surface area contributed by atoms with Gasteiger partial charge in [0.2, 0.25) is 0 Å². The molecule has 0 amide bonds. The summed E-state index contributed by atoms with van der Waals surface area (Å²) in [7, 11) is 0. The van der Waals surface area contributed by atoms with E-state index in [4.69, 9.17) is 12.2 Å². The molecule has 2 rings (SSSR count). The number of nitrogens with one attached hydrogen (secondary N) is 2. The van der Waals surface area contributed by atoms with E-state index in [0.29, 0.717) is 10.9 Å². The molecule has 1 heterocycles. The number of hydrogen-bond donors (Lipinski definition) is 3. The molecular weight excluding hydrogens is 258 g/mol. The first kappa shape index (κ1) is 13.3. The second-order valence-corrected chi connectivity index (χ2v) is 4.51. The molecule has 0 aliphatic carbocycles. The van der Waals surface area contributed by atoms with Crippen LogP contribution >= 0.6 is 12.2 Å². The minimum absolute atomic E-state index is 0.0685. The summed E-state index contributed by atoms with van der Waals surface area (Å²) in [6.45, 7) is 2.02. The van der Waals surface area contributed by atoms with Gasteiger partial charge < -0.3 is 15.7 Å². The molecule has 0 saturated carbocycles. The third-order valence-corrected chi connectivity index (χ3v) is 2.89. The van der Waals surface area contributed by atoms with Crippen LogP contribution < -0.4 is 10.6 Å². The first-order chi connectivity index (χ1) is 9.16. The van der Waals surface area contributed by atoms with E-state index < -0.39 is 0 Å². The lowest BCUT2D eigenvalue weighted by molar-refractivity contribution is 0.475. The third kappa shape index (κ3) is 3.66. The molecule has 1 aromatic carbocycles. The molecule has 1 atom stereocenters. The monoisotopic (exact) mass is 273 g/mol. The number of benzene rings is 1. The first-order valence-corrected chi connectivity index (χ1v) is 6.34. The summed E-state index contributed by atoms with van der Waals surface area (Å²) < 4.78 is 0. The number of nitrogens with zero attached hydrogens (tertiary/aromatic N) is 1. The SMILES string of the molecule is CC(NC(=S)Nc1ncccc1O)c1ccccc1. The Labute approximate surface area is 117 Å². The minimum atomic E-state index is 0.0685. The first-order valence-electron chi connectivity index (χ1n) is 5.93. The molecule has 0 radical (unpaired) electrons. The lowest BCUT2D eigenvalue weighted by Crippen LogP contribution is -2.31. The summed E-state index contributed by atoms with van der Waals surface area (Å²) in [6, 6.07) is 13.3. The molecule has 3 N–H and O–H groups in total. The number of anilines is 1. The van der Waals surface area contributed by atoms with Crippen LogP contribution in [-0.4, -0.2) is 15.2 Å². The smallest absolute Gasteiger partial charge is 0.174 e. The van der Waals surface area contributed by atoms with Crippen LogP contribution in [0.5, 0.6) is 5.75 Å². The van der Waals surface area contributed by atoms with Crippen LogP contribution in [0.2, 0.25) is 0 Å². The van der Waals surface area contributed by atoms with Gasteiger partial charge in [-0.2, -0.15) is 0 Å². The quantitative estimate of drug-likeness (QED) is 0.751. The second-order valence-electron chi connectivity index (χ2n) is 4.10. The van der Waals surface area contributed by atoms with Gasteiger partial charge in [0, 0.05) is 6.20 Å². The van der Waals surface area contributed by atoms with Crippen molar-refractivity contribution in [1.82, 2.24) is 10.3 Å². The predicted octanol–water partition coefficient (Wildman–Crippen LogP) is 2.83. The van der Waals surface area contributed by atoms with E-state index in [9.17, 15) is 5.11 Å². The van der Waals surface area contributed by atoms with Gasteiger partial charge in [0.15, 0.2) is 16.7 Å². The van der Waals surface area contributed by atoms with Crippen molar-refractivity contribution in [2.75, 3.05) is 5.32 Å². The molecule has 0 bridgehead atoms. The molecule has 0 spiro atoms. The van der Waals surface area contributed by atoms with Gasteiger partial charge in [-0.3, -0.25) is 0 Å². The van der Waals surface area contributed by atoms with E-state index in [1.165, 1.54) is 0 Å². The number of pyridine rings is 1. The van der Waals surface area contributed by atoms with E-state index in [-0.39, 0.29) is 11.8 Å². The lowest BCUT2D eigenvalue weighted by Gasteiger charge is -2.17. The number of hydrogen-bond acceptors (Lipinski definition) is 3. The Kier molecular flexibility index (Phi) is 4.30. The van der Waals surface area contributed by atoms with Crippen LogP contribution in [-0.2, 0) is 0 Å². The van der Waals surface area contributed by atoms with Crippen LogP contribution in [0, 0.1) is 0 Å². The van der Waals surface area contributed by atoms with Crippen LogP contribution in [0.4, 0.5) is 5.82 Å². The highest BCUT2D eigenvalue weighted by molar-refractivity contribution is 7.80. The fraction of sp³-hybridized carbons (Fsp3) is 0.143. The Morgan fingerprint density at radius 3 is 2.63 bits per heavy atom. The van der Waals surface area contributed by atoms with Crippen LogP contribution in [0.3, 0.4) is 0 Å². The van der Waals surface area contributed by atoms with E-state index in [1.807, 2.05) is 37.3 Å². The number of rotatable bonds is 3. The van der Waals surface area contributed by atoms with Crippen LogP contribution in [0.15, 0.2) is 48.7 Å². The maximum Gasteiger partial charge on any atom is 0.174 e. The Balaban J connectivity index is 1.97. The van der Waals surface area contributed by atoms with Crippen LogP contribution in [0.25, 0.3) is 0 Å². The molecule has 5 heteroatoms. The fourth-order valence-electron chi connectivity index (χ4n) is 1.66. The summed E-state index contributed by atoms with van der Waals surface area (Å²) in [5.41, 5.74) is 1.14. The zero-order valence-corrected chi connectivity index (χ0v) is 11.3.